The number of amides is 2. The Kier molecular flexibility index (Phi) is 5.12. The van der Waals surface area contributed by atoms with Crippen molar-refractivity contribution < 1.29 is 14.7 Å². The number of pyridine rings is 1. The average molecular weight is 332 g/mol. The Hall–Kier alpha value is -2.97. The van der Waals surface area contributed by atoms with E-state index in [0.29, 0.717) is 29.6 Å². The zero-order valence-corrected chi connectivity index (χ0v) is 14.0. The summed E-state index contributed by atoms with van der Waals surface area (Å²) >= 11 is 0. The van der Waals surface area contributed by atoms with Crippen LogP contribution in [-0.4, -0.2) is 55.3 Å². The number of hydrogen-bond acceptors (Lipinski definition) is 5. The highest BCUT2D eigenvalue weighted by molar-refractivity contribution is 5.93. The number of aryl methyl sites for hydroxylation is 1. The summed E-state index contributed by atoms with van der Waals surface area (Å²) in [7, 11) is 1.72. The van der Waals surface area contributed by atoms with Gasteiger partial charge in [0.2, 0.25) is 0 Å². The molecule has 2 aromatic rings. The fraction of sp³-hybridized carbons (Fsp3) is 0.400. The van der Waals surface area contributed by atoms with Gasteiger partial charge < -0.3 is 15.3 Å². The zero-order valence-electron chi connectivity index (χ0n) is 14.0. The molecule has 0 saturated heterocycles. The Morgan fingerprint density at radius 2 is 2.12 bits per heavy atom. The van der Waals surface area contributed by atoms with Crippen molar-refractivity contribution in [1.29, 1.82) is 0 Å². The van der Waals surface area contributed by atoms with Crippen molar-refractivity contribution in [2.45, 2.75) is 26.8 Å². The summed E-state index contributed by atoms with van der Waals surface area (Å²) in [5.41, 5.74) is 0.471. The first-order valence-corrected chi connectivity index (χ1v) is 7.48. The SMILES string of the molecule is CCN(C)C(=O)c1ccc(-n2nc(C)nc2C(C)NC(=O)O)nc1. The molecule has 0 aromatic carbocycles. The van der Waals surface area contributed by atoms with Crippen LogP contribution >= 0.6 is 0 Å². The molecule has 0 aliphatic carbocycles. The summed E-state index contributed by atoms with van der Waals surface area (Å²) in [4.78, 5) is 33.0. The standard InChI is InChI=1S/C15H20N6O3/c1-5-20(4)14(22)11-6-7-12(16-8-11)21-13(18-10(3)19-21)9(2)17-15(23)24/h6-9,17H,5H2,1-4H3,(H,23,24). The van der Waals surface area contributed by atoms with Crippen LogP contribution in [0.4, 0.5) is 4.79 Å². The molecule has 0 radical (unpaired) electrons. The third-order valence-electron chi connectivity index (χ3n) is 3.50. The van der Waals surface area contributed by atoms with E-state index in [1.54, 1.807) is 37.9 Å². The molecular weight excluding hydrogens is 312 g/mol. The molecule has 0 aliphatic heterocycles. The summed E-state index contributed by atoms with van der Waals surface area (Å²) in [5, 5.41) is 15.4. The fourth-order valence-electron chi connectivity index (χ4n) is 2.13. The van der Waals surface area contributed by atoms with Crippen molar-refractivity contribution in [3.63, 3.8) is 0 Å². The number of carboxylic acid groups (broad SMARTS) is 1. The minimum atomic E-state index is -1.15. The molecule has 2 aromatic heterocycles. The summed E-state index contributed by atoms with van der Waals surface area (Å²) in [6.45, 7) is 5.87. The summed E-state index contributed by atoms with van der Waals surface area (Å²) in [6.07, 6.45) is 0.325. The van der Waals surface area contributed by atoms with Crippen molar-refractivity contribution in [3.05, 3.63) is 35.5 Å². The van der Waals surface area contributed by atoms with Gasteiger partial charge in [0.15, 0.2) is 11.6 Å². The van der Waals surface area contributed by atoms with E-state index in [2.05, 4.69) is 20.4 Å². The normalized spacial score (nSPS) is 11.8. The van der Waals surface area contributed by atoms with Crippen LogP contribution in [0.3, 0.4) is 0 Å². The van der Waals surface area contributed by atoms with Crippen LogP contribution in [0, 0.1) is 6.92 Å². The van der Waals surface area contributed by atoms with Gasteiger partial charge in [-0.3, -0.25) is 4.79 Å². The molecule has 1 unspecified atom stereocenters. The van der Waals surface area contributed by atoms with E-state index in [9.17, 15) is 9.59 Å². The van der Waals surface area contributed by atoms with Gasteiger partial charge in [-0.05, 0) is 32.9 Å². The van der Waals surface area contributed by atoms with E-state index in [1.807, 2.05) is 6.92 Å². The Labute approximate surface area is 139 Å². The first kappa shape index (κ1) is 17.4. The zero-order chi connectivity index (χ0) is 17.9. The van der Waals surface area contributed by atoms with Gasteiger partial charge in [-0.1, -0.05) is 0 Å². The van der Waals surface area contributed by atoms with Crippen molar-refractivity contribution >= 4 is 12.0 Å². The van der Waals surface area contributed by atoms with Gasteiger partial charge in [-0.2, -0.15) is 4.68 Å². The summed E-state index contributed by atoms with van der Waals surface area (Å²) in [5.74, 6) is 1.26. The number of hydrogen-bond donors (Lipinski definition) is 2. The third-order valence-corrected chi connectivity index (χ3v) is 3.50. The van der Waals surface area contributed by atoms with E-state index in [0.717, 1.165) is 0 Å². The van der Waals surface area contributed by atoms with Crippen molar-refractivity contribution in [3.8, 4) is 5.82 Å². The highest BCUT2D eigenvalue weighted by Gasteiger charge is 2.19. The highest BCUT2D eigenvalue weighted by Crippen LogP contribution is 2.15. The molecule has 9 heteroatoms. The second-order valence-corrected chi connectivity index (χ2v) is 5.32. The lowest BCUT2D eigenvalue weighted by atomic mass is 10.2. The molecule has 0 spiro atoms. The molecule has 2 rings (SSSR count). The Morgan fingerprint density at radius 3 is 2.67 bits per heavy atom. The number of aromatic nitrogens is 4. The van der Waals surface area contributed by atoms with E-state index >= 15 is 0 Å². The minimum Gasteiger partial charge on any atom is -0.465 e. The molecular formula is C15H20N6O3. The smallest absolute Gasteiger partial charge is 0.405 e. The topological polar surface area (TPSA) is 113 Å². The van der Waals surface area contributed by atoms with E-state index < -0.39 is 12.1 Å². The van der Waals surface area contributed by atoms with Crippen molar-refractivity contribution in [1.82, 2.24) is 30.0 Å². The van der Waals surface area contributed by atoms with Gasteiger partial charge in [-0.15, -0.1) is 5.10 Å². The minimum absolute atomic E-state index is 0.118. The number of carbonyl (C=O) groups excluding carboxylic acids is 1. The van der Waals surface area contributed by atoms with E-state index in [4.69, 9.17) is 5.11 Å². The first-order valence-electron chi connectivity index (χ1n) is 7.48. The van der Waals surface area contributed by atoms with Gasteiger partial charge in [0.1, 0.15) is 5.82 Å². The van der Waals surface area contributed by atoms with Crippen LogP contribution in [0.2, 0.25) is 0 Å². The average Bonchev–Trinajstić information content (AvgIpc) is 2.95. The first-order chi connectivity index (χ1) is 11.3. The lowest BCUT2D eigenvalue weighted by Crippen LogP contribution is -2.27. The van der Waals surface area contributed by atoms with Crippen LogP contribution in [0.5, 0.6) is 0 Å². The van der Waals surface area contributed by atoms with E-state index in [-0.39, 0.29) is 5.91 Å². The maximum Gasteiger partial charge on any atom is 0.405 e. The van der Waals surface area contributed by atoms with E-state index in [1.165, 1.54) is 10.9 Å². The van der Waals surface area contributed by atoms with Crippen molar-refractivity contribution in [2.75, 3.05) is 13.6 Å². The maximum absolute atomic E-state index is 12.1. The molecule has 0 aliphatic rings. The molecule has 9 nitrogen and oxygen atoms in total. The number of nitrogens with one attached hydrogen (secondary N) is 1. The molecule has 1 atom stereocenters. The van der Waals surface area contributed by atoms with Crippen LogP contribution in [0.25, 0.3) is 5.82 Å². The van der Waals surface area contributed by atoms with Crippen molar-refractivity contribution in [2.24, 2.45) is 0 Å². The Bertz CT molecular complexity index is 740. The maximum atomic E-state index is 12.1. The molecule has 128 valence electrons. The molecule has 24 heavy (non-hydrogen) atoms. The van der Waals surface area contributed by atoms with Gasteiger partial charge in [0.25, 0.3) is 5.91 Å². The van der Waals surface area contributed by atoms with Gasteiger partial charge in [0.05, 0.1) is 11.6 Å². The molecule has 0 bridgehead atoms. The molecule has 0 saturated carbocycles. The monoisotopic (exact) mass is 332 g/mol. The number of carbonyl (C=O) groups is 2. The fourth-order valence-corrected chi connectivity index (χ4v) is 2.13. The van der Waals surface area contributed by atoms with Gasteiger partial charge >= 0.3 is 6.09 Å². The Balaban J connectivity index is 2.32. The second kappa shape index (κ2) is 7.07. The lowest BCUT2D eigenvalue weighted by molar-refractivity contribution is 0.0802. The van der Waals surface area contributed by atoms with Gasteiger partial charge in [-0.25, -0.2) is 14.8 Å². The largest absolute Gasteiger partial charge is 0.465 e. The van der Waals surface area contributed by atoms with Crippen LogP contribution < -0.4 is 5.32 Å². The quantitative estimate of drug-likeness (QED) is 0.855. The summed E-state index contributed by atoms with van der Waals surface area (Å²) in [6, 6.07) is 2.76. The number of nitrogens with zero attached hydrogens (tertiary/aromatic N) is 5. The predicted octanol–water partition coefficient (Wildman–Crippen LogP) is 1.39. The third kappa shape index (κ3) is 3.67. The molecule has 2 amide bonds. The van der Waals surface area contributed by atoms with Crippen LogP contribution in [-0.2, 0) is 0 Å². The molecule has 0 fully saturated rings. The predicted molar refractivity (Wildman–Crippen MR) is 86.1 cm³/mol. The Morgan fingerprint density at radius 1 is 1.42 bits per heavy atom. The number of rotatable bonds is 5. The van der Waals surface area contributed by atoms with Gasteiger partial charge in [0, 0.05) is 19.8 Å². The molecule has 2 N–H and O–H groups in total. The van der Waals surface area contributed by atoms with Crippen LogP contribution in [0.1, 0.15) is 41.9 Å². The second-order valence-electron chi connectivity index (χ2n) is 5.32. The highest BCUT2D eigenvalue weighted by atomic mass is 16.4. The lowest BCUT2D eigenvalue weighted by Gasteiger charge is -2.15. The van der Waals surface area contributed by atoms with Crippen LogP contribution in [0.15, 0.2) is 18.3 Å². The molecule has 2 heterocycles. The summed E-state index contributed by atoms with van der Waals surface area (Å²) < 4.78 is 1.47.